The number of benzene rings is 1. The van der Waals surface area contributed by atoms with Crippen molar-refractivity contribution in [3.8, 4) is 5.75 Å². The lowest BCUT2D eigenvalue weighted by Crippen LogP contribution is -2.00. The van der Waals surface area contributed by atoms with Crippen molar-refractivity contribution in [3.05, 3.63) is 38.4 Å². The highest BCUT2D eigenvalue weighted by atomic mass is 79.9. The van der Waals surface area contributed by atoms with Gasteiger partial charge < -0.3 is 15.8 Å². The second-order valence-corrected chi connectivity index (χ2v) is 5.76. The van der Waals surface area contributed by atoms with Gasteiger partial charge >= 0.3 is 0 Å². The molecule has 0 aliphatic heterocycles. The molecule has 0 radical (unpaired) electrons. The Bertz CT molecular complexity index is 622. The molecule has 1 aromatic carbocycles. The molecule has 1 heterocycles. The van der Waals surface area contributed by atoms with Gasteiger partial charge in [0.2, 0.25) is 0 Å². The van der Waals surface area contributed by atoms with Crippen molar-refractivity contribution in [2.24, 2.45) is 0 Å². The number of nitrogens with zero attached hydrogens (tertiary/aromatic N) is 1. The van der Waals surface area contributed by atoms with Crippen molar-refractivity contribution < 1.29 is 4.74 Å². The SMILES string of the molecule is COc1cc(Nc2nc(Cl)ccc2N)c(Br)cc1Br. The van der Waals surface area contributed by atoms with Crippen LogP contribution in [0.4, 0.5) is 17.2 Å². The van der Waals surface area contributed by atoms with Gasteiger partial charge in [0.05, 0.1) is 23.0 Å². The fourth-order valence-corrected chi connectivity index (χ4v) is 2.86. The second kappa shape index (κ2) is 5.98. The zero-order valence-corrected chi connectivity index (χ0v) is 13.8. The maximum absolute atomic E-state index is 5.86. The molecular weight excluding hydrogens is 397 g/mol. The molecule has 2 rings (SSSR count). The highest BCUT2D eigenvalue weighted by molar-refractivity contribution is 9.11. The van der Waals surface area contributed by atoms with Gasteiger partial charge in [0.15, 0.2) is 5.82 Å². The first-order valence-corrected chi connectivity index (χ1v) is 7.19. The molecule has 0 aliphatic rings. The van der Waals surface area contributed by atoms with Gasteiger partial charge in [0.1, 0.15) is 10.9 Å². The minimum Gasteiger partial charge on any atom is -0.495 e. The first kappa shape index (κ1) is 14.4. The monoisotopic (exact) mass is 405 g/mol. The maximum Gasteiger partial charge on any atom is 0.155 e. The molecule has 0 unspecified atom stereocenters. The molecule has 0 bridgehead atoms. The summed E-state index contributed by atoms with van der Waals surface area (Å²) in [6, 6.07) is 7.04. The van der Waals surface area contributed by atoms with Crippen LogP contribution in [0.5, 0.6) is 5.75 Å². The Balaban J connectivity index is 2.40. The quantitative estimate of drug-likeness (QED) is 0.731. The molecule has 0 amide bonds. The maximum atomic E-state index is 5.86. The number of pyridine rings is 1. The van der Waals surface area contributed by atoms with E-state index in [0.29, 0.717) is 22.4 Å². The van der Waals surface area contributed by atoms with E-state index < -0.39 is 0 Å². The third-order valence-corrected chi connectivity index (χ3v) is 3.87. The summed E-state index contributed by atoms with van der Waals surface area (Å²) in [6.45, 7) is 0. The predicted octanol–water partition coefficient (Wildman–Crippen LogP) is 4.59. The van der Waals surface area contributed by atoms with Gasteiger partial charge in [-0.1, -0.05) is 11.6 Å². The molecule has 0 aliphatic carbocycles. The number of hydrogen-bond acceptors (Lipinski definition) is 4. The molecule has 2 aromatic rings. The summed E-state index contributed by atoms with van der Waals surface area (Å²) in [5, 5.41) is 3.49. The van der Waals surface area contributed by atoms with E-state index in [2.05, 4.69) is 42.2 Å². The average molecular weight is 407 g/mol. The number of anilines is 3. The number of methoxy groups -OCH3 is 1. The first-order chi connectivity index (χ1) is 9.01. The predicted molar refractivity (Wildman–Crippen MR) is 85.3 cm³/mol. The summed E-state index contributed by atoms with van der Waals surface area (Å²) in [4.78, 5) is 4.14. The van der Waals surface area contributed by atoms with Gasteiger partial charge in [-0.15, -0.1) is 0 Å². The molecule has 7 heteroatoms. The molecule has 0 saturated carbocycles. The molecule has 0 spiro atoms. The van der Waals surface area contributed by atoms with Crippen LogP contribution in [0.3, 0.4) is 0 Å². The van der Waals surface area contributed by atoms with Crippen LogP contribution in [-0.4, -0.2) is 12.1 Å². The summed E-state index contributed by atoms with van der Waals surface area (Å²) < 4.78 is 6.94. The molecular formula is C12H10Br2ClN3O. The van der Waals surface area contributed by atoms with Crippen molar-refractivity contribution in [1.29, 1.82) is 0 Å². The molecule has 0 saturated heterocycles. The van der Waals surface area contributed by atoms with E-state index in [1.807, 2.05) is 12.1 Å². The van der Waals surface area contributed by atoms with Crippen molar-refractivity contribution >= 4 is 60.7 Å². The van der Waals surface area contributed by atoms with E-state index in [4.69, 9.17) is 22.1 Å². The van der Waals surface area contributed by atoms with Crippen LogP contribution in [-0.2, 0) is 0 Å². The second-order valence-electron chi connectivity index (χ2n) is 3.66. The zero-order chi connectivity index (χ0) is 14.0. The summed E-state index contributed by atoms with van der Waals surface area (Å²) in [7, 11) is 1.60. The van der Waals surface area contributed by atoms with E-state index in [1.54, 1.807) is 19.2 Å². The molecule has 3 N–H and O–H groups in total. The average Bonchev–Trinajstić information content (AvgIpc) is 2.37. The van der Waals surface area contributed by atoms with E-state index in [1.165, 1.54) is 0 Å². The van der Waals surface area contributed by atoms with E-state index in [9.17, 15) is 0 Å². The Kier molecular flexibility index (Phi) is 4.54. The normalized spacial score (nSPS) is 10.3. The van der Waals surface area contributed by atoms with Crippen LogP contribution in [0, 0.1) is 0 Å². The number of hydrogen-bond donors (Lipinski definition) is 2. The Morgan fingerprint density at radius 2 is 2.00 bits per heavy atom. The van der Waals surface area contributed by atoms with E-state index in [0.717, 1.165) is 14.6 Å². The largest absolute Gasteiger partial charge is 0.495 e. The number of halogens is 3. The van der Waals surface area contributed by atoms with E-state index in [-0.39, 0.29) is 0 Å². The Hall–Kier alpha value is -0.980. The van der Waals surface area contributed by atoms with Crippen LogP contribution in [0.15, 0.2) is 33.2 Å². The van der Waals surface area contributed by atoms with Gasteiger partial charge in [0.25, 0.3) is 0 Å². The summed E-state index contributed by atoms with van der Waals surface area (Å²) in [6.07, 6.45) is 0. The number of aromatic nitrogens is 1. The smallest absolute Gasteiger partial charge is 0.155 e. The summed E-state index contributed by atoms with van der Waals surface area (Å²) in [5.74, 6) is 1.20. The topological polar surface area (TPSA) is 60.2 Å². The lowest BCUT2D eigenvalue weighted by molar-refractivity contribution is 0.412. The third-order valence-electron chi connectivity index (χ3n) is 2.39. The summed E-state index contributed by atoms with van der Waals surface area (Å²) >= 11 is 12.7. The minimum atomic E-state index is 0.372. The van der Waals surface area contributed by atoms with Crippen LogP contribution in [0.2, 0.25) is 5.15 Å². The highest BCUT2D eigenvalue weighted by Crippen LogP contribution is 2.36. The Labute approximate surface area is 132 Å². The molecule has 100 valence electrons. The van der Waals surface area contributed by atoms with Gasteiger partial charge in [-0.2, -0.15) is 0 Å². The third kappa shape index (κ3) is 3.32. The molecule has 1 aromatic heterocycles. The van der Waals surface area contributed by atoms with Crippen molar-refractivity contribution in [2.45, 2.75) is 0 Å². The number of nitrogens with one attached hydrogen (secondary N) is 1. The van der Waals surface area contributed by atoms with Crippen molar-refractivity contribution in [1.82, 2.24) is 4.98 Å². The lowest BCUT2D eigenvalue weighted by atomic mass is 10.3. The fraction of sp³-hybridized carbons (Fsp3) is 0.0833. The summed E-state index contributed by atoms with van der Waals surface area (Å²) in [5.41, 5.74) is 7.14. The standard InChI is InChI=1S/C12H10Br2ClN3O/c1-19-10-5-9(6(13)4-7(10)14)17-12-8(16)2-3-11(15)18-12/h2-5H,16H2,1H3,(H,17,18). The van der Waals surface area contributed by atoms with Crippen LogP contribution >= 0.6 is 43.5 Å². The number of ether oxygens (including phenoxy) is 1. The van der Waals surface area contributed by atoms with Gasteiger partial charge in [-0.25, -0.2) is 4.98 Å². The van der Waals surface area contributed by atoms with Gasteiger partial charge in [-0.3, -0.25) is 0 Å². The van der Waals surface area contributed by atoms with Crippen LogP contribution < -0.4 is 15.8 Å². The first-order valence-electron chi connectivity index (χ1n) is 5.23. The lowest BCUT2D eigenvalue weighted by Gasteiger charge is -2.12. The molecule has 19 heavy (non-hydrogen) atoms. The van der Waals surface area contributed by atoms with Crippen LogP contribution in [0.1, 0.15) is 0 Å². The van der Waals surface area contributed by atoms with Crippen molar-refractivity contribution in [2.75, 3.05) is 18.2 Å². The molecule has 0 fully saturated rings. The van der Waals surface area contributed by atoms with Gasteiger partial charge in [-0.05, 0) is 50.1 Å². The Morgan fingerprint density at radius 1 is 1.26 bits per heavy atom. The highest BCUT2D eigenvalue weighted by Gasteiger charge is 2.09. The molecule has 4 nitrogen and oxygen atoms in total. The number of rotatable bonds is 3. The zero-order valence-electron chi connectivity index (χ0n) is 9.88. The van der Waals surface area contributed by atoms with Crippen LogP contribution in [0.25, 0.3) is 0 Å². The number of nitrogens with two attached hydrogens (primary N) is 1. The number of nitrogen functional groups attached to an aromatic ring is 1. The van der Waals surface area contributed by atoms with E-state index >= 15 is 0 Å². The fourth-order valence-electron chi connectivity index (χ4n) is 1.46. The van der Waals surface area contributed by atoms with Crippen molar-refractivity contribution in [3.63, 3.8) is 0 Å². The minimum absolute atomic E-state index is 0.372. The van der Waals surface area contributed by atoms with Gasteiger partial charge in [0, 0.05) is 10.5 Å². The Morgan fingerprint density at radius 3 is 2.68 bits per heavy atom. The molecule has 0 atom stereocenters.